The lowest BCUT2D eigenvalue weighted by Crippen LogP contribution is -2.47. The summed E-state index contributed by atoms with van der Waals surface area (Å²) in [5, 5.41) is 3.18. The van der Waals surface area contributed by atoms with Gasteiger partial charge >= 0.3 is 0 Å². The molecule has 1 saturated carbocycles. The van der Waals surface area contributed by atoms with Gasteiger partial charge in [0.2, 0.25) is 5.91 Å². The monoisotopic (exact) mass is 525 g/mol. The molecule has 0 saturated heterocycles. The first-order valence-corrected chi connectivity index (χ1v) is 13.3. The highest BCUT2D eigenvalue weighted by Gasteiger charge is 2.36. The van der Waals surface area contributed by atoms with E-state index in [0.717, 1.165) is 43.4 Å². The van der Waals surface area contributed by atoms with Crippen LogP contribution in [-0.4, -0.2) is 29.9 Å². The number of methoxy groups -OCH3 is 1. The van der Waals surface area contributed by atoms with Gasteiger partial charge in [-0.3, -0.25) is 14.5 Å². The van der Waals surface area contributed by atoms with Gasteiger partial charge in [0, 0.05) is 11.7 Å². The van der Waals surface area contributed by atoms with E-state index in [2.05, 4.69) is 10.3 Å². The maximum absolute atomic E-state index is 14.3. The highest BCUT2D eigenvalue weighted by molar-refractivity contribution is 6.10. The Balaban J connectivity index is 1.60. The van der Waals surface area contributed by atoms with E-state index in [1.807, 2.05) is 42.5 Å². The number of ether oxygens (including phenoxy) is 1. The summed E-state index contributed by atoms with van der Waals surface area (Å²) in [5.74, 6) is -0.701. The van der Waals surface area contributed by atoms with Crippen LogP contribution in [0.4, 0.5) is 10.1 Å². The van der Waals surface area contributed by atoms with E-state index in [0.29, 0.717) is 22.7 Å². The predicted octanol–water partition coefficient (Wildman–Crippen LogP) is 6.67. The number of carbonyl (C=O) groups is 2. The SMILES string of the molecule is COc1ccccc1N(C(=O)c1ccc(-c2ccccc2)[nH]1)[C@H](C(=O)NC1CCCCC1)c1ccc(F)cc1. The number of aromatic nitrogens is 1. The third-order valence-corrected chi connectivity index (χ3v) is 7.21. The number of aromatic amines is 1. The van der Waals surface area contributed by atoms with Crippen molar-refractivity contribution in [2.45, 2.75) is 44.2 Å². The number of halogens is 1. The molecule has 7 heteroatoms. The molecule has 1 aromatic heterocycles. The molecule has 1 atom stereocenters. The molecule has 1 fully saturated rings. The molecule has 39 heavy (non-hydrogen) atoms. The van der Waals surface area contributed by atoms with E-state index in [9.17, 15) is 14.0 Å². The van der Waals surface area contributed by atoms with Crippen LogP contribution in [-0.2, 0) is 4.79 Å². The van der Waals surface area contributed by atoms with Gasteiger partial charge in [0.25, 0.3) is 5.91 Å². The van der Waals surface area contributed by atoms with E-state index < -0.39 is 17.8 Å². The van der Waals surface area contributed by atoms with Gasteiger partial charge in [-0.05, 0) is 60.4 Å². The summed E-state index contributed by atoms with van der Waals surface area (Å²) < 4.78 is 19.6. The third kappa shape index (κ3) is 5.87. The second-order valence-electron chi connectivity index (χ2n) is 9.80. The second kappa shape index (κ2) is 12.0. The van der Waals surface area contributed by atoms with Crippen molar-refractivity contribution in [1.29, 1.82) is 0 Å². The number of hydrogen-bond acceptors (Lipinski definition) is 3. The molecular weight excluding hydrogens is 493 g/mol. The van der Waals surface area contributed by atoms with Gasteiger partial charge in [0.05, 0.1) is 12.8 Å². The molecule has 1 aliphatic carbocycles. The summed E-state index contributed by atoms with van der Waals surface area (Å²) in [4.78, 5) is 33.0. The fraction of sp³-hybridized carbons (Fsp3) is 0.250. The molecule has 1 aliphatic rings. The Morgan fingerprint density at radius 3 is 2.31 bits per heavy atom. The fourth-order valence-electron chi connectivity index (χ4n) is 5.22. The smallest absolute Gasteiger partial charge is 0.275 e. The van der Waals surface area contributed by atoms with Crippen LogP contribution in [0.5, 0.6) is 5.75 Å². The van der Waals surface area contributed by atoms with E-state index >= 15 is 0 Å². The average Bonchev–Trinajstić information content (AvgIpc) is 3.48. The molecular formula is C32H32FN3O3. The Bertz CT molecular complexity index is 1410. The second-order valence-corrected chi connectivity index (χ2v) is 9.80. The molecule has 5 rings (SSSR count). The van der Waals surface area contributed by atoms with E-state index in [4.69, 9.17) is 4.74 Å². The molecule has 3 aromatic carbocycles. The van der Waals surface area contributed by atoms with E-state index in [-0.39, 0.29) is 11.9 Å². The Hall–Kier alpha value is -4.39. The molecule has 2 amide bonds. The van der Waals surface area contributed by atoms with Crippen molar-refractivity contribution in [3.05, 3.63) is 108 Å². The van der Waals surface area contributed by atoms with Crippen molar-refractivity contribution in [3.63, 3.8) is 0 Å². The Labute approximate surface area is 227 Å². The summed E-state index contributed by atoms with van der Waals surface area (Å²) in [5.41, 5.74) is 2.97. The number of nitrogens with zero attached hydrogens (tertiary/aromatic N) is 1. The van der Waals surface area contributed by atoms with Gasteiger partial charge in [-0.15, -0.1) is 0 Å². The van der Waals surface area contributed by atoms with E-state index in [1.54, 1.807) is 36.4 Å². The summed E-state index contributed by atoms with van der Waals surface area (Å²) in [6.07, 6.45) is 5.03. The first-order chi connectivity index (χ1) is 19.0. The zero-order chi connectivity index (χ0) is 27.2. The van der Waals surface area contributed by atoms with Crippen LogP contribution in [0.1, 0.15) is 54.2 Å². The number of rotatable bonds is 8. The van der Waals surface area contributed by atoms with Crippen LogP contribution in [0.25, 0.3) is 11.3 Å². The minimum atomic E-state index is -1.06. The first kappa shape index (κ1) is 26.2. The minimum Gasteiger partial charge on any atom is -0.495 e. The number of carbonyl (C=O) groups excluding carboxylic acids is 2. The maximum Gasteiger partial charge on any atom is 0.275 e. The Morgan fingerprint density at radius 2 is 1.59 bits per heavy atom. The standard InChI is InChI=1S/C32H32FN3O3/c1-39-29-15-9-8-14-28(29)36(32(38)27-21-20-26(35-27)22-10-4-2-5-11-22)30(23-16-18-24(33)19-17-23)31(37)34-25-12-6-3-7-13-25/h2,4-5,8-11,14-21,25,30,35H,3,6-7,12-13H2,1H3,(H,34,37)/t30-/m0/s1. The lowest BCUT2D eigenvalue weighted by Gasteiger charge is -2.34. The number of H-pyrrole nitrogens is 1. The van der Waals surface area contributed by atoms with Gasteiger partial charge in [0.1, 0.15) is 23.3 Å². The zero-order valence-electron chi connectivity index (χ0n) is 21.9. The van der Waals surface area contributed by atoms with Gasteiger partial charge < -0.3 is 15.0 Å². The number of amides is 2. The summed E-state index contributed by atoms with van der Waals surface area (Å²) >= 11 is 0. The normalized spacial score (nSPS) is 14.4. The number of hydrogen-bond donors (Lipinski definition) is 2. The molecule has 0 aliphatic heterocycles. The third-order valence-electron chi connectivity index (χ3n) is 7.21. The molecule has 0 spiro atoms. The van der Waals surface area contributed by atoms with Gasteiger partial charge in [-0.1, -0.05) is 73.9 Å². The number of nitrogens with one attached hydrogen (secondary N) is 2. The molecule has 0 bridgehead atoms. The van der Waals surface area contributed by atoms with Gasteiger partial charge in [0.15, 0.2) is 0 Å². The molecule has 0 radical (unpaired) electrons. The van der Waals surface area contributed by atoms with Crippen LogP contribution in [0.3, 0.4) is 0 Å². The Kier molecular flexibility index (Phi) is 8.06. The predicted molar refractivity (Wildman–Crippen MR) is 150 cm³/mol. The molecule has 4 aromatic rings. The number of anilines is 1. The summed E-state index contributed by atoms with van der Waals surface area (Å²) in [7, 11) is 1.53. The average molecular weight is 526 g/mol. The van der Waals surface area contributed by atoms with Crippen LogP contribution < -0.4 is 15.0 Å². The first-order valence-electron chi connectivity index (χ1n) is 13.3. The molecule has 2 N–H and O–H groups in total. The van der Waals surface area contributed by atoms with Crippen molar-refractivity contribution in [1.82, 2.24) is 10.3 Å². The van der Waals surface area contributed by atoms with Gasteiger partial charge in [-0.2, -0.15) is 0 Å². The van der Waals surface area contributed by atoms with Crippen LogP contribution in [0, 0.1) is 5.82 Å². The van der Waals surface area contributed by atoms with Gasteiger partial charge in [-0.25, -0.2) is 4.39 Å². The summed E-state index contributed by atoms with van der Waals surface area (Å²) in [6.45, 7) is 0. The maximum atomic E-state index is 14.3. The quantitative estimate of drug-likeness (QED) is 0.270. The van der Waals surface area contributed by atoms with Crippen LogP contribution >= 0.6 is 0 Å². The number of benzene rings is 3. The van der Waals surface area contributed by atoms with Crippen molar-refractivity contribution >= 4 is 17.5 Å². The van der Waals surface area contributed by atoms with Crippen molar-refractivity contribution in [3.8, 4) is 17.0 Å². The van der Waals surface area contributed by atoms with Crippen molar-refractivity contribution in [2.75, 3.05) is 12.0 Å². The lowest BCUT2D eigenvalue weighted by atomic mass is 9.94. The molecule has 6 nitrogen and oxygen atoms in total. The fourth-order valence-corrected chi connectivity index (χ4v) is 5.22. The van der Waals surface area contributed by atoms with Crippen LogP contribution in [0.15, 0.2) is 91.0 Å². The zero-order valence-corrected chi connectivity index (χ0v) is 21.9. The van der Waals surface area contributed by atoms with Crippen LogP contribution in [0.2, 0.25) is 0 Å². The van der Waals surface area contributed by atoms with Crippen molar-refractivity contribution < 1.29 is 18.7 Å². The highest BCUT2D eigenvalue weighted by atomic mass is 19.1. The molecule has 0 unspecified atom stereocenters. The molecule has 1 heterocycles. The Morgan fingerprint density at radius 1 is 0.897 bits per heavy atom. The number of para-hydroxylation sites is 2. The highest BCUT2D eigenvalue weighted by Crippen LogP contribution is 2.36. The largest absolute Gasteiger partial charge is 0.495 e. The van der Waals surface area contributed by atoms with E-state index in [1.165, 1.54) is 24.1 Å². The van der Waals surface area contributed by atoms with Crippen molar-refractivity contribution in [2.24, 2.45) is 0 Å². The lowest BCUT2D eigenvalue weighted by molar-refractivity contribution is -0.123. The summed E-state index contributed by atoms with van der Waals surface area (Å²) in [6, 6.07) is 25.1. The molecule has 200 valence electrons. The minimum absolute atomic E-state index is 0.0268. The topological polar surface area (TPSA) is 74.4 Å².